The largest absolute Gasteiger partial charge is 0.366 e. The molecule has 0 spiro atoms. The highest BCUT2D eigenvalue weighted by Crippen LogP contribution is 2.04. The van der Waals surface area contributed by atoms with Crippen LogP contribution < -0.4 is 16.4 Å². The molecule has 1 aromatic rings. The van der Waals surface area contributed by atoms with Crippen LogP contribution in [-0.4, -0.2) is 31.4 Å². The summed E-state index contributed by atoms with van der Waals surface area (Å²) < 4.78 is 0. The van der Waals surface area contributed by atoms with Gasteiger partial charge in [0, 0.05) is 17.7 Å². The maximum atomic E-state index is 11.8. The van der Waals surface area contributed by atoms with Crippen LogP contribution in [0.1, 0.15) is 34.1 Å². The van der Waals surface area contributed by atoms with E-state index in [4.69, 9.17) is 5.73 Å². The molecular weight excluding hydrogens is 230 g/mol. The van der Waals surface area contributed by atoms with Gasteiger partial charge in [-0.1, -0.05) is 13.0 Å². The van der Waals surface area contributed by atoms with E-state index >= 15 is 0 Å². The van der Waals surface area contributed by atoms with E-state index in [1.807, 2.05) is 6.92 Å². The van der Waals surface area contributed by atoms with Gasteiger partial charge >= 0.3 is 0 Å². The minimum absolute atomic E-state index is 0.186. The standard InChI is InChI=1S/C13H19N3O2/c1-2-15-7-4-8-16-13(18)11-6-3-5-10(9-11)12(14)17/h3,5-6,9,15H,2,4,7-8H2,1H3,(H2,14,17)(H,16,18). The highest BCUT2D eigenvalue weighted by atomic mass is 16.2. The SMILES string of the molecule is CCNCCCNC(=O)c1cccc(C(N)=O)c1. The highest BCUT2D eigenvalue weighted by Gasteiger charge is 2.07. The lowest BCUT2D eigenvalue weighted by Crippen LogP contribution is -2.27. The Labute approximate surface area is 107 Å². The number of nitrogens with two attached hydrogens (primary N) is 1. The van der Waals surface area contributed by atoms with Gasteiger partial charge in [-0.05, 0) is 37.7 Å². The predicted molar refractivity (Wildman–Crippen MR) is 70.5 cm³/mol. The number of benzene rings is 1. The van der Waals surface area contributed by atoms with Crippen LogP contribution in [0.15, 0.2) is 24.3 Å². The summed E-state index contributed by atoms with van der Waals surface area (Å²) in [5, 5.41) is 5.97. The van der Waals surface area contributed by atoms with Crippen molar-refractivity contribution < 1.29 is 9.59 Å². The first-order chi connectivity index (χ1) is 8.65. The Morgan fingerprint density at radius 1 is 1.22 bits per heavy atom. The molecule has 1 aromatic carbocycles. The van der Waals surface area contributed by atoms with E-state index in [1.54, 1.807) is 18.2 Å². The van der Waals surface area contributed by atoms with Crippen molar-refractivity contribution in [3.8, 4) is 0 Å². The summed E-state index contributed by atoms with van der Waals surface area (Å²) >= 11 is 0. The molecular formula is C13H19N3O2. The number of rotatable bonds is 7. The van der Waals surface area contributed by atoms with Gasteiger partial charge in [0.25, 0.3) is 5.91 Å². The first kappa shape index (κ1) is 14.2. The summed E-state index contributed by atoms with van der Waals surface area (Å²) in [4.78, 5) is 22.8. The molecule has 0 atom stereocenters. The zero-order valence-electron chi connectivity index (χ0n) is 10.5. The molecule has 0 unspecified atom stereocenters. The molecule has 2 amide bonds. The molecule has 5 nitrogen and oxygen atoms in total. The molecule has 0 saturated heterocycles. The van der Waals surface area contributed by atoms with Gasteiger partial charge in [0.05, 0.1) is 0 Å². The van der Waals surface area contributed by atoms with Crippen LogP contribution in [-0.2, 0) is 0 Å². The monoisotopic (exact) mass is 249 g/mol. The van der Waals surface area contributed by atoms with Gasteiger partial charge in [0.15, 0.2) is 0 Å². The third kappa shape index (κ3) is 4.55. The van der Waals surface area contributed by atoms with Crippen LogP contribution in [0.3, 0.4) is 0 Å². The van der Waals surface area contributed by atoms with Crippen LogP contribution >= 0.6 is 0 Å². The van der Waals surface area contributed by atoms with Gasteiger partial charge < -0.3 is 16.4 Å². The Morgan fingerprint density at radius 3 is 2.61 bits per heavy atom. The lowest BCUT2D eigenvalue weighted by Gasteiger charge is -2.06. The van der Waals surface area contributed by atoms with Crippen molar-refractivity contribution in [2.24, 2.45) is 5.73 Å². The number of amides is 2. The molecule has 0 radical (unpaired) electrons. The van der Waals surface area contributed by atoms with E-state index in [0.29, 0.717) is 17.7 Å². The van der Waals surface area contributed by atoms with Gasteiger partial charge in [-0.3, -0.25) is 9.59 Å². The Morgan fingerprint density at radius 2 is 1.94 bits per heavy atom. The fourth-order valence-electron chi connectivity index (χ4n) is 1.51. The fourth-order valence-corrected chi connectivity index (χ4v) is 1.51. The van der Waals surface area contributed by atoms with Crippen LogP contribution in [0.2, 0.25) is 0 Å². The number of nitrogens with one attached hydrogen (secondary N) is 2. The number of carbonyl (C=O) groups is 2. The molecule has 0 aliphatic heterocycles. The Bertz CT molecular complexity index is 418. The molecule has 0 aliphatic carbocycles. The summed E-state index contributed by atoms with van der Waals surface area (Å²) in [5.41, 5.74) is 5.96. The topological polar surface area (TPSA) is 84.2 Å². The van der Waals surface area contributed by atoms with Crippen molar-refractivity contribution in [3.63, 3.8) is 0 Å². The molecule has 0 bridgehead atoms. The van der Waals surface area contributed by atoms with E-state index in [-0.39, 0.29) is 5.91 Å². The van der Waals surface area contributed by atoms with Gasteiger partial charge in [-0.15, -0.1) is 0 Å². The first-order valence-corrected chi connectivity index (χ1v) is 6.04. The fraction of sp³-hybridized carbons (Fsp3) is 0.385. The summed E-state index contributed by atoms with van der Waals surface area (Å²) in [6, 6.07) is 6.39. The van der Waals surface area contributed by atoms with Crippen molar-refractivity contribution in [1.82, 2.24) is 10.6 Å². The Hall–Kier alpha value is -1.88. The molecule has 0 aliphatic rings. The smallest absolute Gasteiger partial charge is 0.251 e. The molecule has 0 aromatic heterocycles. The minimum Gasteiger partial charge on any atom is -0.366 e. The zero-order chi connectivity index (χ0) is 13.4. The summed E-state index contributed by atoms with van der Waals surface area (Å²) in [5.74, 6) is -0.716. The van der Waals surface area contributed by atoms with Crippen molar-refractivity contribution in [3.05, 3.63) is 35.4 Å². The van der Waals surface area contributed by atoms with Crippen LogP contribution in [0, 0.1) is 0 Å². The Balaban J connectivity index is 2.46. The van der Waals surface area contributed by atoms with Gasteiger partial charge in [-0.2, -0.15) is 0 Å². The quantitative estimate of drug-likeness (QED) is 0.616. The second-order valence-electron chi connectivity index (χ2n) is 3.91. The molecule has 4 N–H and O–H groups in total. The van der Waals surface area contributed by atoms with E-state index in [2.05, 4.69) is 10.6 Å². The molecule has 0 saturated carbocycles. The third-order valence-corrected chi connectivity index (χ3v) is 2.48. The van der Waals surface area contributed by atoms with E-state index in [0.717, 1.165) is 19.5 Å². The maximum Gasteiger partial charge on any atom is 0.251 e. The molecule has 5 heteroatoms. The van der Waals surface area contributed by atoms with Crippen molar-refractivity contribution >= 4 is 11.8 Å². The molecule has 0 heterocycles. The van der Waals surface area contributed by atoms with Crippen LogP contribution in [0.5, 0.6) is 0 Å². The van der Waals surface area contributed by atoms with E-state index < -0.39 is 5.91 Å². The van der Waals surface area contributed by atoms with Gasteiger partial charge in [0.1, 0.15) is 0 Å². The lowest BCUT2D eigenvalue weighted by molar-refractivity contribution is 0.0953. The summed E-state index contributed by atoms with van der Waals surface area (Å²) in [6.07, 6.45) is 0.870. The highest BCUT2D eigenvalue weighted by molar-refractivity contribution is 5.99. The molecule has 0 fully saturated rings. The first-order valence-electron chi connectivity index (χ1n) is 6.04. The number of carbonyl (C=O) groups excluding carboxylic acids is 2. The number of primary amides is 1. The Kier molecular flexibility index (Phi) is 5.87. The van der Waals surface area contributed by atoms with Crippen LogP contribution in [0.25, 0.3) is 0 Å². The van der Waals surface area contributed by atoms with E-state index in [9.17, 15) is 9.59 Å². The summed E-state index contributed by atoms with van der Waals surface area (Å²) in [7, 11) is 0. The second-order valence-corrected chi connectivity index (χ2v) is 3.91. The third-order valence-electron chi connectivity index (χ3n) is 2.48. The van der Waals surface area contributed by atoms with Crippen LogP contribution in [0.4, 0.5) is 0 Å². The summed E-state index contributed by atoms with van der Waals surface area (Å²) in [6.45, 7) is 4.44. The maximum absolute atomic E-state index is 11.8. The molecule has 1 rings (SSSR count). The number of hydrogen-bond donors (Lipinski definition) is 3. The predicted octanol–water partition coefficient (Wildman–Crippen LogP) is 0.515. The molecule has 18 heavy (non-hydrogen) atoms. The average molecular weight is 249 g/mol. The lowest BCUT2D eigenvalue weighted by atomic mass is 10.1. The van der Waals surface area contributed by atoms with E-state index in [1.165, 1.54) is 6.07 Å². The van der Waals surface area contributed by atoms with Crippen molar-refractivity contribution in [2.45, 2.75) is 13.3 Å². The average Bonchev–Trinajstić information content (AvgIpc) is 2.38. The van der Waals surface area contributed by atoms with Gasteiger partial charge in [0.2, 0.25) is 5.91 Å². The van der Waals surface area contributed by atoms with Gasteiger partial charge in [-0.25, -0.2) is 0 Å². The second kappa shape index (κ2) is 7.45. The normalized spacial score (nSPS) is 10.1. The molecule has 98 valence electrons. The number of hydrogen-bond acceptors (Lipinski definition) is 3. The minimum atomic E-state index is -0.531. The zero-order valence-corrected chi connectivity index (χ0v) is 10.5. The van der Waals surface area contributed by atoms with Crippen molar-refractivity contribution in [2.75, 3.05) is 19.6 Å². The van der Waals surface area contributed by atoms with Crippen molar-refractivity contribution in [1.29, 1.82) is 0 Å².